The topological polar surface area (TPSA) is 12.5 Å². The standard InChI is InChI=1S/C15H21F2NO/c1-14(2,3)12-4-6-13(7-5-12)19-9-8-18-10-15(16,17)11-18/h4-7H,8-11H2,1-3H3. The molecule has 1 aromatic carbocycles. The van der Waals surface area contributed by atoms with Crippen molar-refractivity contribution < 1.29 is 13.5 Å². The van der Waals surface area contributed by atoms with Gasteiger partial charge in [0.15, 0.2) is 0 Å². The van der Waals surface area contributed by atoms with E-state index in [1.54, 1.807) is 4.90 Å². The van der Waals surface area contributed by atoms with Crippen molar-refractivity contribution in [3.05, 3.63) is 29.8 Å². The molecule has 4 heteroatoms. The highest BCUT2D eigenvalue weighted by Crippen LogP contribution is 2.26. The summed E-state index contributed by atoms with van der Waals surface area (Å²) in [6.07, 6.45) is 0. The molecule has 0 spiro atoms. The Balaban J connectivity index is 1.75. The normalized spacial score (nSPS) is 19.0. The van der Waals surface area contributed by atoms with Crippen molar-refractivity contribution in [2.45, 2.75) is 32.1 Å². The van der Waals surface area contributed by atoms with Gasteiger partial charge >= 0.3 is 0 Å². The van der Waals surface area contributed by atoms with Gasteiger partial charge in [0.2, 0.25) is 0 Å². The SMILES string of the molecule is CC(C)(C)c1ccc(OCCN2CC(F)(F)C2)cc1. The minimum atomic E-state index is -2.49. The van der Waals surface area contributed by atoms with Gasteiger partial charge in [-0.25, -0.2) is 8.78 Å². The Hall–Kier alpha value is -1.16. The van der Waals surface area contributed by atoms with Gasteiger partial charge in [0.1, 0.15) is 12.4 Å². The van der Waals surface area contributed by atoms with Gasteiger partial charge < -0.3 is 4.74 Å². The van der Waals surface area contributed by atoms with Crippen LogP contribution in [-0.2, 0) is 5.41 Å². The maximum absolute atomic E-state index is 12.6. The second-order valence-electron chi connectivity index (χ2n) is 6.19. The van der Waals surface area contributed by atoms with Crippen molar-refractivity contribution in [1.82, 2.24) is 4.90 Å². The van der Waals surface area contributed by atoms with Crippen molar-refractivity contribution in [3.63, 3.8) is 0 Å². The fraction of sp³-hybridized carbons (Fsp3) is 0.600. The van der Waals surface area contributed by atoms with Crippen molar-refractivity contribution in [3.8, 4) is 5.75 Å². The number of nitrogens with zero attached hydrogens (tertiary/aromatic N) is 1. The van der Waals surface area contributed by atoms with Gasteiger partial charge in [0, 0.05) is 6.54 Å². The van der Waals surface area contributed by atoms with Crippen LogP contribution in [0.2, 0.25) is 0 Å². The summed E-state index contributed by atoms with van der Waals surface area (Å²) in [4.78, 5) is 1.70. The lowest BCUT2D eigenvalue weighted by molar-refractivity contribution is -0.132. The predicted molar refractivity (Wildman–Crippen MR) is 72.0 cm³/mol. The molecular formula is C15H21F2NO. The van der Waals surface area contributed by atoms with Crippen molar-refractivity contribution in [1.29, 1.82) is 0 Å². The highest BCUT2D eigenvalue weighted by molar-refractivity contribution is 5.31. The molecule has 2 rings (SSSR count). The highest BCUT2D eigenvalue weighted by atomic mass is 19.3. The maximum atomic E-state index is 12.6. The van der Waals surface area contributed by atoms with Crippen LogP contribution < -0.4 is 4.74 Å². The molecule has 19 heavy (non-hydrogen) atoms. The van der Waals surface area contributed by atoms with Gasteiger partial charge in [-0.05, 0) is 23.1 Å². The average molecular weight is 269 g/mol. The summed E-state index contributed by atoms with van der Waals surface area (Å²) >= 11 is 0. The van der Waals surface area contributed by atoms with Crippen LogP contribution in [0, 0.1) is 0 Å². The van der Waals surface area contributed by atoms with E-state index in [-0.39, 0.29) is 18.5 Å². The summed E-state index contributed by atoms with van der Waals surface area (Å²) in [5.74, 6) is -1.70. The van der Waals surface area contributed by atoms with Crippen molar-refractivity contribution >= 4 is 0 Å². The van der Waals surface area contributed by atoms with Crippen LogP contribution in [0.4, 0.5) is 8.78 Å². The molecule has 0 saturated carbocycles. The summed E-state index contributed by atoms with van der Waals surface area (Å²) in [7, 11) is 0. The summed E-state index contributed by atoms with van der Waals surface area (Å²) in [6, 6.07) is 7.97. The molecular weight excluding hydrogens is 248 g/mol. The molecule has 1 heterocycles. The molecule has 1 aliphatic heterocycles. The Morgan fingerprint density at radius 3 is 2.21 bits per heavy atom. The molecule has 0 aromatic heterocycles. The number of benzene rings is 1. The summed E-state index contributed by atoms with van der Waals surface area (Å²) < 4.78 is 30.8. The minimum absolute atomic E-state index is 0.127. The molecule has 0 aliphatic carbocycles. The molecule has 0 unspecified atom stereocenters. The van der Waals surface area contributed by atoms with Crippen LogP contribution in [0.5, 0.6) is 5.75 Å². The van der Waals surface area contributed by atoms with Crippen molar-refractivity contribution in [2.75, 3.05) is 26.2 Å². The van der Waals surface area contributed by atoms with E-state index in [2.05, 4.69) is 20.8 Å². The number of halogens is 2. The third-order valence-electron chi connectivity index (χ3n) is 3.31. The summed E-state index contributed by atoms with van der Waals surface area (Å²) in [5.41, 5.74) is 1.38. The first kappa shape index (κ1) is 14.3. The number of rotatable bonds is 4. The third-order valence-corrected chi connectivity index (χ3v) is 3.31. The van der Waals surface area contributed by atoms with Crippen LogP contribution in [0.3, 0.4) is 0 Å². The molecule has 106 valence electrons. The van der Waals surface area contributed by atoms with Gasteiger partial charge in [0.05, 0.1) is 13.1 Å². The molecule has 0 radical (unpaired) electrons. The number of ether oxygens (including phenoxy) is 1. The number of hydrogen-bond donors (Lipinski definition) is 0. The Morgan fingerprint density at radius 1 is 1.16 bits per heavy atom. The first-order chi connectivity index (χ1) is 8.76. The predicted octanol–water partition coefficient (Wildman–Crippen LogP) is 3.31. The van der Waals surface area contributed by atoms with E-state index in [4.69, 9.17) is 4.74 Å². The van der Waals surface area contributed by atoms with E-state index >= 15 is 0 Å². The average Bonchev–Trinajstić information content (AvgIpc) is 2.26. The van der Waals surface area contributed by atoms with E-state index in [1.807, 2.05) is 24.3 Å². The zero-order chi connectivity index (χ0) is 14.1. The molecule has 1 aliphatic rings. The Morgan fingerprint density at radius 2 is 1.74 bits per heavy atom. The van der Waals surface area contributed by atoms with Gasteiger partial charge in [-0.3, -0.25) is 4.90 Å². The van der Waals surface area contributed by atoms with E-state index in [9.17, 15) is 8.78 Å². The molecule has 1 aromatic rings. The first-order valence-electron chi connectivity index (χ1n) is 6.60. The lowest BCUT2D eigenvalue weighted by atomic mass is 9.87. The second-order valence-corrected chi connectivity index (χ2v) is 6.19. The van der Waals surface area contributed by atoms with E-state index in [0.717, 1.165) is 5.75 Å². The monoisotopic (exact) mass is 269 g/mol. The van der Waals surface area contributed by atoms with Crippen LogP contribution >= 0.6 is 0 Å². The Kier molecular flexibility index (Phi) is 3.81. The number of hydrogen-bond acceptors (Lipinski definition) is 2. The molecule has 0 bridgehead atoms. The van der Waals surface area contributed by atoms with Gasteiger partial charge in [-0.1, -0.05) is 32.9 Å². The van der Waals surface area contributed by atoms with Gasteiger partial charge in [-0.15, -0.1) is 0 Å². The fourth-order valence-electron chi connectivity index (χ4n) is 2.11. The van der Waals surface area contributed by atoms with Crippen LogP contribution in [0.25, 0.3) is 0 Å². The Labute approximate surface area is 113 Å². The van der Waals surface area contributed by atoms with E-state index in [1.165, 1.54) is 5.56 Å². The third kappa shape index (κ3) is 3.90. The molecule has 0 N–H and O–H groups in total. The summed E-state index contributed by atoms with van der Waals surface area (Å²) in [5, 5.41) is 0. The molecule has 1 saturated heterocycles. The molecule has 1 fully saturated rings. The quantitative estimate of drug-likeness (QED) is 0.831. The van der Waals surface area contributed by atoms with Crippen LogP contribution in [-0.4, -0.2) is 37.1 Å². The highest BCUT2D eigenvalue weighted by Gasteiger charge is 2.43. The van der Waals surface area contributed by atoms with Gasteiger partial charge in [0.25, 0.3) is 5.92 Å². The second kappa shape index (κ2) is 5.08. The van der Waals surface area contributed by atoms with Crippen LogP contribution in [0.15, 0.2) is 24.3 Å². The largest absolute Gasteiger partial charge is 0.492 e. The maximum Gasteiger partial charge on any atom is 0.272 e. The summed E-state index contributed by atoms with van der Waals surface area (Å²) in [6.45, 7) is 7.20. The molecule has 2 nitrogen and oxygen atoms in total. The van der Waals surface area contributed by atoms with E-state index in [0.29, 0.717) is 13.2 Å². The minimum Gasteiger partial charge on any atom is -0.492 e. The van der Waals surface area contributed by atoms with Crippen molar-refractivity contribution in [2.24, 2.45) is 0 Å². The Bertz CT molecular complexity index is 415. The smallest absolute Gasteiger partial charge is 0.272 e. The molecule has 0 amide bonds. The van der Waals surface area contributed by atoms with E-state index < -0.39 is 5.92 Å². The zero-order valence-corrected chi connectivity index (χ0v) is 11.7. The zero-order valence-electron chi connectivity index (χ0n) is 11.7. The first-order valence-corrected chi connectivity index (χ1v) is 6.60. The number of alkyl halides is 2. The molecule has 0 atom stereocenters. The van der Waals surface area contributed by atoms with Gasteiger partial charge in [-0.2, -0.15) is 0 Å². The fourth-order valence-corrected chi connectivity index (χ4v) is 2.11. The lowest BCUT2D eigenvalue weighted by Gasteiger charge is -2.38. The van der Waals surface area contributed by atoms with Crippen LogP contribution in [0.1, 0.15) is 26.3 Å². The lowest BCUT2D eigenvalue weighted by Crippen LogP contribution is -2.56. The number of likely N-dealkylation sites (tertiary alicyclic amines) is 1.